The van der Waals surface area contributed by atoms with Gasteiger partial charge in [-0.15, -0.1) is 11.3 Å². The maximum Gasteiger partial charge on any atom is 0.254 e. The monoisotopic (exact) mass is 433 g/mol. The number of benzene rings is 2. The molecule has 160 valence electrons. The highest BCUT2D eigenvalue weighted by Gasteiger charge is 2.38. The van der Waals surface area contributed by atoms with Crippen molar-refractivity contribution in [3.05, 3.63) is 76.4 Å². The molecule has 1 aromatic heterocycles. The van der Waals surface area contributed by atoms with Crippen LogP contribution in [0.2, 0.25) is 0 Å². The molecule has 1 aliphatic rings. The lowest BCUT2D eigenvalue weighted by Gasteiger charge is -2.24. The van der Waals surface area contributed by atoms with E-state index in [1.165, 1.54) is 4.88 Å². The van der Waals surface area contributed by atoms with Gasteiger partial charge in [0.2, 0.25) is 5.91 Å². The van der Waals surface area contributed by atoms with Gasteiger partial charge in [-0.2, -0.15) is 0 Å². The molecular weight excluding hydrogens is 406 g/mol. The molecule has 0 spiro atoms. The van der Waals surface area contributed by atoms with Crippen LogP contribution in [0.1, 0.15) is 40.5 Å². The molecule has 2 heterocycles. The normalized spacial score (nSPS) is 18.2. The molecule has 6 heteroatoms. The quantitative estimate of drug-likeness (QED) is 0.640. The number of hydrogen-bond donors (Lipinski definition) is 1. The summed E-state index contributed by atoms with van der Waals surface area (Å²) in [5.41, 5.74) is 6.65. The molecule has 0 bridgehead atoms. The lowest BCUT2D eigenvalue weighted by atomic mass is 10.1. The third-order valence-corrected chi connectivity index (χ3v) is 6.86. The summed E-state index contributed by atoms with van der Waals surface area (Å²) in [4.78, 5) is 33.3. The number of carbonyl (C=O) groups excluding carboxylic acids is 2. The maximum absolute atomic E-state index is 13.1. The first kappa shape index (κ1) is 21.2. The summed E-state index contributed by atoms with van der Waals surface area (Å²) in [6.07, 6.45) is 0.688. The number of likely N-dealkylation sites (tertiary alicyclic amines) is 1. The number of aromatic nitrogens is 1. The molecule has 2 aromatic carbocycles. The molecule has 0 aliphatic carbocycles. The minimum absolute atomic E-state index is 0.0631. The molecule has 1 aliphatic heterocycles. The highest BCUT2D eigenvalue weighted by molar-refractivity contribution is 7.13. The van der Waals surface area contributed by atoms with Gasteiger partial charge in [-0.3, -0.25) is 9.59 Å². The Morgan fingerprint density at radius 3 is 2.55 bits per heavy atom. The summed E-state index contributed by atoms with van der Waals surface area (Å²) in [5.74, 6) is 0.145. The SMILES string of the molecule is Cc1ccccc1C(=O)N1C[C@H](C)C[C@H]1C(=O)NCc1ccc(-c2scnc2C)cc1. The molecule has 1 N–H and O–H groups in total. The largest absolute Gasteiger partial charge is 0.350 e. The van der Waals surface area contributed by atoms with Crippen molar-refractivity contribution in [2.45, 2.75) is 39.8 Å². The highest BCUT2D eigenvalue weighted by atomic mass is 32.1. The van der Waals surface area contributed by atoms with Gasteiger partial charge in [0.1, 0.15) is 6.04 Å². The molecule has 31 heavy (non-hydrogen) atoms. The predicted molar refractivity (Wildman–Crippen MR) is 124 cm³/mol. The lowest BCUT2D eigenvalue weighted by Crippen LogP contribution is -2.45. The van der Waals surface area contributed by atoms with Crippen LogP contribution in [0.3, 0.4) is 0 Å². The van der Waals surface area contributed by atoms with E-state index in [4.69, 9.17) is 0 Å². The Morgan fingerprint density at radius 2 is 1.87 bits per heavy atom. The van der Waals surface area contributed by atoms with Crippen LogP contribution in [0.15, 0.2) is 54.0 Å². The fourth-order valence-electron chi connectivity index (χ4n) is 4.15. The summed E-state index contributed by atoms with van der Waals surface area (Å²) in [6.45, 7) is 7.07. The van der Waals surface area contributed by atoms with Crippen LogP contribution in [0.25, 0.3) is 10.4 Å². The van der Waals surface area contributed by atoms with Crippen molar-refractivity contribution in [2.24, 2.45) is 5.92 Å². The van der Waals surface area contributed by atoms with E-state index in [0.29, 0.717) is 31.0 Å². The first-order valence-electron chi connectivity index (χ1n) is 10.6. The molecule has 0 saturated carbocycles. The van der Waals surface area contributed by atoms with Gasteiger partial charge in [-0.1, -0.05) is 49.4 Å². The van der Waals surface area contributed by atoms with Crippen molar-refractivity contribution >= 4 is 23.2 Å². The number of carbonyl (C=O) groups is 2. The Hall–Kier alpha value is -2.99. The third-order valence-electron chi connectivity index (χ3n) is 5.88. The molecule has 4 rings (SSSR count). The van der Waals surface area contributed by atoms with Crippen LogP contribution in [-0.2, 0) is 11.3 Å². The number of nitrogens with zero attached hydrogens (tertiary/aromatic N) is 2. The van der Waals surface area contributed by atoms with Gasteiger partial charge >= 0.3 is 0 Å². The van der Waals surface area contributed by atoms with Crippen molar-refractivity contribution in [3.63, 3.8) is 0 Å². The zero-order valence-corrected chi connectivity index (χ0v) is 18.9. The summed E-state index contributed by atoms with van der Waals surface area (Å²) in [5, 5.41) is 3.04. The average molecular weight is 434 g/mol. The number of thiazole rings is 1. The number of amides is 2. The van der Waals surface area contributed by atoms with Gasteiger partial charge in [0, 0.05) is 18.7 Å². The minimum atomic E-state index is -0.429. The smallest absolute Gasteiger partial charge is 0.254 e. The van der Waals surface area contributed by atoms with Gasteiger partial charge < -0.3 is 10.2 Å². The first-order chi connectivity index (χ1) is 14.9. The van der Waals surface area contributed by atoms with Gasteiger partial charge in [0.25, 0.3) is 5.91 Å². The zero-order valence-electron chi connectivity index (χ0n) is 18.1. The molecule has 3 aromatic rings. The van der Waals surface area contributed by atoms with Crippen LogP contribution < -0.4 is 5.32 Å². The molecular formula is C25H27N3O2S. The number of hydrogen-bond acceptors (Lipinski definition) is 4. The van der Waals surface area contributed by atoms with Crippen molar-refractivity contribution in [3.8, 4) is 10.4 Å². The summed E-state index contributed by atoms with van der Waals surface area (Å²) in [7, 11) is 0. The van der Waals surface area contributed by atoms with E-state index in [1.54, 1.807) is 16.2 Å². The van der Waals surface area contributed by atoms with Crippen molar-refractivity contribution in [1.82, 2.24) is 15.2 Å². The van der Waals surface area contributed by atoms with Crippen LogP contribution in [0.4, 0.5) is 0 Å². The molecule has 2 atom stereocenters. The van der Waals surface area contributed by atoms with Gasteiger partial charge in [-0.25, -0.2) is 4.98 Å². The van der Waals surface area contributed by atoms with Crippen LogP contribution in [-0.4, -0.2) is 34.3 Å². The van der Waals surface area contributed by atoms with Crippen LogP contribution in [0.5, 0.6) is 0 Å². The van der Waals surface area contributed by atoms with E-state index >= 15 is 0 Å². The van der Waals surface area contributed by atoms with Crippen LogP contribution >= 0.6 is 11.3 Å². The van der Waals surface area contributed by atoms with Crippen LogP contribution in [0, 0.1) is 19.8 Å². The Labute approximate surface area is 187 Å². The summed E-state index contributed by atoms with van der Waals surface area (Å²) < 4.78 is 0. The fourth-order valence-corrected chi connectivity index (χ4v) is 4.96. The molecule has 1 saturated heterocycles. The number of aryl methyl sites for hydroxylation is 2. The van der Waals surface area contributed by atoms with Crippen molar-refractivity contribution in [2.75, 3.05) is 6.54 Å². The molecule has 0 radical (unpaired) electrons. The third kappa shape index (κ3) is 4.54. The van der Waals surface area contributed by atoms with E-state index in [0.717, 1.165) is 22.4 Å². The Balaban J connectivity index is 1.42. The second-order valence-corrected chi connectivity index (χ2v) is 9.17. The molecule has 2 amide bonds. The summed E-state index contributed by atoms with van der Waals surface area (Å²) >= 11 is 1.63. The van der Waals surface area contributed by atoms with Crippen molar-refractivity contribution < 1.29 is 9.59 Å². The Bertz CT molecular complexity index is 1090. The lowest BCUT2D eigenvalue weighted by molar-refractivity contribution is -0.125. The second kappa shape index (κ2) is 9.02. The zero-order chi connectivity index (χ0) is 22.0. The number of rotatable bonds is 5. The van der Waals surface area contributed by atoms with Gasteiger partial charge in [0.05, 0.1) is 16.1 Å². The van der Waals surface area contributed by atoms with E-state index < -0.39 is 6.04 Å². The molecule has 0 unspecified atom stereocenters. The Kier molecular flexibility index (Phi) is 6.18. The summed E-state index contributed by atoms with van der Waals surface area (Å²) in [6, 6.07) is 15.3. The highest BCUT2D eigenvalue weighted by Crippen LogP contribution is 2.28. The van der Waals surface area contributed by atoms with E-state index in [1.807, 2.05) is 55.8 Å². The van der Waals surface area contributed by atoms with Gasteiger partial charge in [0.15, 0.2) is 0 Å². The topological polar surface area (TPSA) is 62.3 Å². The van der Waals surface area contributed by atoms with Gasteiger partial charge in [-0.05, 0) is 48.9 Å². The average Bonchev–Trinajstić information content (AvgIpc) is 3.38. The van der Waals surface area contributed by atoms with E-state index in [9.17, 15) is 9.59 Å². The fraction of sp³-hybridized carbons (Fsp3) is 0.320. The minimum Gasteiger partial charge on any atom is -0.350 e. The molecule has 1 fully saturated rings. The van der Waals surface area contributed by atoms with E-state index in [2.05, 4.69) is 29.4 Å². The molecule has 5 nitrogen and oxygen atoms in total. The Morgan fingerprint density at radius 1 is 1.13 bits per heavy atom. The van der Waals surface area contributed by atoms with E-state index in [-0.39, 0.29) is 11.8 Å². The maximum atomic E-state index is 13.1. The van der Waals surface area contributed by atoms with Crippen molar-refractivity contribution in [1.29, 1.82) is 0 Å². The predicted octanol–water partition coefficient (Wildman–Crippen LogP) is 4.59. The first-order valence-corrected chi connectivity index (χ1v) is 11.5. The number of nitrogens with one attached hydrogen (secondary N) is 1. The second-order valence-electron chi connectivity index (χ2n) is 8.31. The standard InChI is InChI=1S/C25H27N3O2S/c1-16-12-22(28(14-16)25(30)21-7-5-4-6-17(21)2)24(29)26-13-19-8-10-20(11-9-19)23-18(3)27-15-31-23/h4-11,15-16,22H,12-14H2,1-3H3,(H,26,29)/t16-,22+/m1/s1.